The molecule has 0 atom stereocenters. The molecule has 0 N–H and O–H groups in total. The molecule has 0 rings (SSSR count). The minimum absolute atomic E-state index is 0. The Kier molecular flexibility index (Phi) is 9.08. The molecule has 34 valence electrons. The van der Waals surface area contributed by atoms with Gasteiger partial charge in [0.1, 0.15) is 0 Å². The third-order valence-corrected chi connectivity index (χ3v) is 0. The van der Waals surface area contributed by atoms with E-state index in [1.165, 1.54) is 0 Å². The van der Waals surface area contributed by atoms with Crippen molar-refractivity contribution < 1.29 is 8.78 Å². The average Bonchev–Trinajstić information content (AvgIpc) is 0.811. The molecule has 0 saturated heterocycles. The fraction of sp³-hybridized carbons (Fsp3) is 1.00. The molecule has 4 heteroatoms. The quantitative estimate of drug-likeness (QED) is 0.428. The lowest BCUT2D eigenvalue weighted by molar-refractivity contribution is 0.243. The third-order valence-electron chi connectivity index (χ3n) is 0. The second-order valence-electron chi connectivity index (χ2n) is 0.247. The van der Waals surface area contributed by atoms with Crippen molar-refractivity contribution in [1.29, 1.82) is 0 Å². The Hall–Kier alpha value is 0.880. The largest absolute Gasteiger partial charge is 0.312 e. The van der Waals surface area contributed by atoms with E-state index in [0.717, 1.165) is 0 Å². The number of alkyl halides is 3. The smallest absolute Gasteiger partial charge is 0.192 e. The monoisotopic (exact) mass is 214 g/mol. The van der Waals surface area contributed by atoms with Crippen molar-refractivity contribution in [1.82, 2.24) is 0 Å². The minimum atomic E-state index is -2.69. The van der Waals surface area contributed by atoms with Gasteiger partial charge in [0, 0.05) is 0 Å². The molecule has 0 nitrogen and oxygen atoms in total. The molecule has 0 aromatic heterocycles. The van der Waals surface area contributed by atoms with Crippen LogP contribution in [0, 0.1) is 0 Å². The van der Waals surface area contributed by atoms with Crippen molar-refractivity contribution in [2.75, 3.05) is 0 Å². The van der Waals surface area contributed by atoms with Crippen molar-refractivity contribution in [2.24, 2.45) is 0 Å². The fourth-order valence-corrected chi connectivity index (χ4v) is 0. The number of rotatable bonds is 0. The Labute approximate surface area is 50.5 Å². The van der Waals surface area contributed by atoms with Crippen LogP contribution in [0.5, 0.6) is 0 Å². The molecule has 0 heterocycles. The summed E-state index contributed by atoms with van der Waals surface area (Å²) in [6.07, 6.45) is 0. The minimum Gasteiger partial charge on any atom is -0.192 e. The van der Waals surface area contributed by atoms with Gasteiger partial charge in [-0.3, -0.25) is 0 Å². The van der Waals surface area contributed by atoms with Crippen molar-refractivity contribution >= 4 is 35.6 Å². The molecular weight excluding hydrogens is 212 g/mol. The lowest BCUT2D eigenvalue weighted by Gasteiger charge is -1.66. The summed E-state index contributed by atoms with van der Waals surface area (Å²) in [6.45, 7) is 0. The van der Waals surface area contributed by atoms with Crippen molar-refractivity contribution in [3.05, 3.63) is 0 Å². The maximum absolute atomic E-state index is 10.1. The van der Waals surface area contributed by atoms with E-state index in [4.69, 9.17) is 0 Å². The van der Waals surface area contributed by atoms with E-state index in [1.54, 1.807) is 0 Å². The van der Waals surface area contributed by atoms with E-state index in [9.17, 15) is 8.78 Å². The first kappa shape index (κ1) is 9.30. The molecule has 0 amide bonds. The van der Waals surface area contributed by atoms with Crippen LogP contribution in [0.3, 0.4) is 0 Å². The van der Waals surface area contributed by atoms with Crippen LogP contribution in [0.25, 0.3) is 0 Å². The summed E-state index contributed by atoms with van der Waals surface area (Å²) in [6, 6.07) is 0. The van der Waals surface area contributed by atoms with E-state index < -0.39 is 5.88 Å². The van der Waals surface area contributed by atoms with Crippen molar-refractivity contribution in [2.45, 2.75) is 5.88 Å². The highest BCUT2D eigenvalue weighted by atomic mass is 127. The first-order chi connectivity index (χ1) is 1.73. The summed E-state index contributed by atoms with van der Waals surface area (Å²) < 4.78 is 20.2. The second kappa shape index (κ2) is 4.88. The number of hydrogen-bond acceptors (Lipinski definition) is 0. The standard InChI is InChI=1S/CHClF2.HI/c2-1(3)4;/h1H;1H. The Bertz CT molecular complexity index is 14.4. The maximum atomic E-state index is 10.1. The molecule has 0 saturated carbocycles. The Morgan fingerprint density at radius 2 is 1.40 bits per heavy atom. The van der Waals surface area contributed by atoms with Gasteiger partial charge in [-0.25, -0.2) is 0 Å². The van der Waals surface area contributed by atoms with E-state index in [1.807, 2.05) is 0 Å². The molecule has 0 aliphatic rings. The Balaban J connectivity index is 0. The van der Waals surface area contributed by atoms with Crippen LogP contribution >= 0.6 is 35.6 Å². The van der Waals surface area contributed by atoms with Crippen LogP contribution in [0.4, 0.5) is 8.78 Å². The van der Waals surface area contributed by atoms with Gasteiger partial charge in [0.05, 0.1) is 0 Å². The van der Waals surface area contributed by atoms with Crippen molar-refractivity contribution in [3.8, 4) is 0 Å². The first-order valence-corrected chi connectivity index (χ1v) is 1.09. The van der Waals surface area contributed by atoms with Crippen molar-refractivity contribution in [3.63, 3.8) is 0 Å². The molecule has 0 radical (unpaired) electrons. The molecule has 0 bridgehead atoms. The summed E-state index contributed by atoms with van der Waals surface area (Å²) in [7, 11) is 0. The summed E-state index contributed by atoms with van der Waals surface area (Å²) in [4.78, 5) is 0. The van der Waals surface area contributed by atoms with Gasteiger partial charge in [-0.1, -0.05) is 11.6 Å². The van der Waals surface area contributed by atoms with E-state index in [-0.39, 0.29) is 24.0 Å². The highest BCUT2D eigenvalue weighted by molar-refractivity contribution is 14.0. The predicted octanol–water partition coefficient (Wildman–Crippen LogP) is 2.07. The van der Waals surface area contributed by atoms with E-state index in [0.29, 0.717) is 0 Å². The van der Waals surface area contributed by atoms with Crippen LogP contribution < -0.4 is 0 Å². The van der Waals surface area contributed by atoms with Crippen LogP contribution in [0.15, 0.2) is 0 Å². The molecule has 0 aliphatic heterocycles. The van der Waals surface area contributed by atoms with Crippen LogP contribution in [-0.4, -0.2) is 5.88 Å². The highest BCUT2D eigenvalue weighted by Gasteiger charge is 1.83. The zero-order valence-corrected chi connectivity index (χ0v) is 5.21. The zero-order chi connectivity index (χ0) is 3.58. The van der Waals surface area contributed by atoms with Gasteiger partial charge < -0.3 is 0 Å². The molecule has 0 aliphatic carbocycles. The first-order valence-electron chi connectivity index (χ1n) is 0.655. The molecule has 0 unspecified atom stereocenters. The molecule has 0 fully saturated rings. The van der Waals surface area contributed by atoms with Gasteiger partial charge in [-0.05, 0) is 0 Å². The molecular formula is CH2ClF2I. The van der Waals surface area contributed by atoms with Crippen LogP contribution in [0.1, 0.15) is 0 Å². The number of halogens is 4. The zero-order valence-electron chi connectivity index (χ0n) is 2.12. The highest BCUT2D eigenvalue weighted by Crippen LogP contribution is 1.93. The topological polar surface area (TPSA) is 0 Å². The molecule has 0 aromatic rings. The summed E-state index contributed by atoms with van der Waals surface area (Å²) in [5, 5.41) is 0. The average molecular weight is 214 g/mol. The van der Waals surface area contributed by atoms with Gasteiger partial charge in [-0.15, -0.1) is 24.0 Å². The van der Waals surface area contributed by atoms with Gasteiger partial charge >= 0.3 is 5.88 Å². The normalized spacial score (nSPS) is 7.20. The van der Waals surface area contributed by atoms with Crippen LogP contribution in [-0.2, 0) is 0 Å². The van der Waals surface area contributed by atoms with E-state index >= 15 is 0 Å². The third kappa shape index (κ3) is 52.3. The van der Waals surface area contributed by atoms with Gasteiger partial charge in [-0.2, -0.15) is 8.78 Å². The maximum Gasteiger partial charge on any atom is 0.312 e. The Morgan fingerprint density at radius 1 is 1.40 bits per heavy atom. The SMILES string of the molecule is FC(F)Cl.I. The fourth-order valence-electron chi connectivity index (χ4n) is 0. The van der Waals surface area contributed by atoms with E-state index in [2.05, 4.69) is 11.6 Å². The summed E-state index contributed by atoms with van der Waals surface area (Å²) >= 11 is 3.94. The van der Waals surface area contributed by atoms with Gasteiger partial charge in [0.15, 0.2) is 0 Å². The predicted molar refractivity (Wildman–Crippen MR) is 27.3 cm³/mol. The molecule has 0 aromatic carbocycles. The van der Waals surface area contributed by atoms with Gasteiger partial charge in [0.25, 0.3) is 0 Å². The summed E-state index contributed by atoms with van der Waals surface area (Å²) in [5.41, 5.74) is 0. The van der Waals surface area contributed by atoms with Gasteiger partial charge in [0.2, 0.25) is 0 Å². The molecule has 5 heavy (non-hydrogen) atoms. The second-order valence-corrected chi connectivity index (χ2v) is 0.577. The molecule has 0 spiro atoms. The number of hydrogen-bond donors (Lipinski definition) is 0. The lowest BCUT2D eigenvalue weighted by atomic mass is 11.7. The Morgan fingerprint density at radius 3 is 1.40 bits per heavy atom. The lowest BCUT2D eigenvalue weighted by Crippen LogP contribution is -1.62. The van der Waals surface area contributed by atoms with Crippen LogP contribution in [0.2, 0.25) is 0 Å². The summed E-state index contributed by atoms with van der Waals surface area (Å²) in [5.74, 6) is -2.69.